The summed E-state index contributed by atoms with van der Waals surface area (Å²) in [5.41, 5.74) is 2.54. The summed E-state index contributed by atoms with van der Waals surface area (Å²) in [6.07, 6.45) is 3.23. The van der Waals surface area contributed by atoms with Crippen LogP contribution in [0.3, 0.4) is 0 Å². The van der Waals surface area contributed by atoms with E-state index in [4.69, 9.17) is 4.74 Å². The summed E-state index contributed by atoms with van der Waals surface area (Å²) in [6.45, 7) is 0.676. The van der Waals surface area contributed by atoms with Crippen LogP contribution in [0.5, 0.6) is 5.75 Å². The lowest BCUT2D eigenvalue weighted by Crippen LogP contribution is -2.28. The third kappa shape index (κ3) is 3.24. The van der Waals surface area contributed by atoms with Crippen LogP contribution in [0, 0.1) is 0 Å². The van der Waals surface area contributed by atoms with Crippen LogP contribution in [0.1, 0.15) is 34.8 Å². The van der Waals surface area contributed by atoms with Crippen LogP contribution in [0.15, 0.2) is 54.9 Å². The zero-order valence-corrected chi connectivity index (χ0v) is 13.6. The molecule has 25 heavy (non-hydrogen) atoms. The van der Waals surface area contributed by atoms with Gasteiger partial charge in [0.2, 0.25) is 0 Å². The molecule has 0 bridgehead atoms. The van der Waals surface area contributed by atoms with Gasteiger partial charge in [0, 0.05) is 16.7 Å². The Balaban J connectivity index is 1.52. The van der Waals surface area contributed by atoms with Crippen molar-refractivity contribution in [2.24, 2.45) is 0 Å². The van der Waals surface area contributed by atoms with E-state index >= 15 is 0 Å². The zero-order chi connectivity index (χ0) is 17.1. The normalized spacial score (nSPS) is 16.4. The van der Waals surface area contributed by atoms with Gasteiger partial charge in [-0.15, -0.1) is 0 Å². The van der Waals surface area contributed by atoms with Crippen molar-refractivity contribution in [1.29, 1.82) is 0 Å². The van der Waals surface area contributed by atoms with Gasteiger partial charge in [0.05, 0.1) is 12.6 Å². The van der Waals surface area contributed by atoms with Crippen molar-refractivity contribution in [2.45, 2.75) is 18.9 Å². The van der Waals surface area contributed by atoms with Crippen LogP contribution in [-0.2, 0) is 0 Å². The number of nitrogens with zero attached hydrogens (tertiary/aromatic N) is 2. The van der Waals surface area contributed by atoms with Crippen molar-refractivity contribution in [3.63, 3.8) is 0 Å². The molecule has 0 saturated carbocycles. The Kier molecular flexibility index (Phi) is 4.16. The van der Waals surface area contributed by atoms with Crippen molar-refractivity contribution in [2.75, 3.05) is 6.61 Å². The van der Waals surface area contributed by atoms with Gasteiger partial charge in [0.25, 0.3) is 5.91 Å². The lowest BCUT2D eigenvalue weighted by Gasteiger charge is -2.18. The highest BCUT2D eigenvalue weighted by atomic mass is 16.5. The summed E-state index contributed by atoms with van der Waals surface area (Å²) >= 11 is 0. The molecule has 0 spiro atoms. The molecule has 6 nitrogen and oxygen atoms in total. The second-order valence-electron chi connectivity index (χ2n) is 5.97. The third-order valence-corrected chi connectivity index (χ3v) is 4.33. The molecule has 0 radical (unpaired) electrons. The van der Waals surface area contributed by atoms with Crippen molar-refractivity contribution in [3.8, 4) is 17.1 Å². The first kappa shape index (κ1) is 15.4. The number of para-hydroxylation sites is 1. The van der Waals surface area contributed by atoms with E-state index in [0.717, 1.165) is 29.7 Å². The number of hydrogen-bond acceptors (Lipinski definition) is 4. The molecule has 1 aliphatic heterocycles. The Morgan fingerprint density at radius 1 is 1.16 bits per heavy atom. The number of aromatic amines is 1. The molecular formula is C19H18N4O2. The summed E-state index contributed by atoms with van der Waals surface area (Å²) in [4.78, 5) is 16.8. The molecule has 1 amide bonds. The molecule has 1 atom stereocenters. The molecule has 2 heterocycles. The molecule has 1 unspecified atom stereocenters. The lowest BCUT2D eigenvalue weighted by molar-refractivity contribution is 0.0934. The number of carbonyl (C=O) groups is 1. The predicted octanol–water partition coefficient (Wildman–Crippen LogP) is 3.12. The Morgan fingerprint density at radius 3 is 2.80 bits per heavy atom. The van der Waals surface area contributed by atoms with Crippen LogP contribution in [-0.4, -0.2) is 27.7 Å². The van der Waals surface area contributed by atoms with Crippen LogP contribution in [0.4, 0.5) is 0 Å². The van der Waals surface area contributed by atoms with Crippen LogP contribution >= 0.6 is 0 Å². The van der Waals surface area contributed by atoms with E-state index in [9.17, 15) is 4.79 Å². The summed E-state index contributed by atoms with van der Waals surface area (Å²) in [5.74, 6) is 1.44. The third-order valence-electron chi connectivity index (χ3n) is 4.33. The zero-order valence-electron chi connectivity index (χ0n) is 13.6. The molecule has 2 aromatic carbocycles. The molecule has 126 valence electrons. The molecule has 6 heteroatoms. The fourth-order valence-corrected chi connectivity index (χ4v) is 3.04. The largest absolute Gasteiger partial charge is 0.493 e. The van der Waals surface area contributed by atoms with Crippen molar-refractivity contribution >= 4 is 5.91 Å². The number of ether oxygens (including phenoxy) is 1. The first-order valence-corrected chi connectivity index (χ1v) is 8.29. The average Bonchev–Trinajstić information content (AvgIpc) is 3.12. The van der Waals surface area contributed by atoms with Gasteiger partial charge in [-0.3, -0.25) is 9.89 Å². The highest BCUT2D eigenvalue weighted by molar-refractivity contribution is 5.94. The van der Waals surface area contributed by atoms with E-state index in [-0.39, 0.29) is 11.9 Å². The second kappa shape index (κ2) is 6.76. The summed E-state index contributed by atoms with van der Waals surface area (Å²) in [5, 5.41) is 9.78. The van der Waals surface area contributed by atoms with Gasteiger partial charge in [0.1, 0.15) is 12.1 Å². The number of benzene rings is 2. The van der Waals surface area contributed by atoms with Gasteiger partial charge < -0.3 is 10.1 Å². The van der Waals surface area contributed by atoms with Crippen LogP contribution < -0.4 is 10.1 Å². The SMILES string of the molecule is O=C(NC1CCCOc2ccccc21)c1ccc(-c2ncn[nH]2)cc1. The maximum Gasteiger partial charge on any atom is 0.251 e. The number of aromatic nitrogens is 3. The summed E-state index contributed by atoms with van der Waals surface area (Å²) < 4.78 is 5.76. The standard InChI is InChI=1S/C19H18N4O2/c24-19(14-9-7-13(8-10-14)18-20-12-21-23-18)22-16-5-3-11-25-17-6-2-1-4-15(16)17/h1-2,4,6-10,12,16H,3,5,11H2,(H,22,24)(H,20,21,23). The van der Waals surface area contributed by atoms with Gasteiger partial charge in [-0.1, -0.05) is 30.3 Å². The Labute approximate surface area is 145 Å². The van der Waals surface area contributed by atoms with Gasteiger partial charge in [-0.2, -0.15) is 5.10 Å². The fraction of sp³-hybridized carbons (Fsp3) is 0.211. The van der Waals surface area contributed by atoms with Crippen LogP contribution in [0.2, 0.25) is 0 Å². The van der Waals surface area contributed by atoms with Gasteiger partial charge in [-0.05, 0) is 31.0 Å². The molecule has 3 aromatic rings. The molecule has 0 fully saturated rings. The van der Waals surface area contributed by atoms with E-state index < -0.39 is 0 Å². The minimum atomic E-state index is -0.0918. The van der Waals surface area contributed by atoms with Crippen molar-refractivity contribution < 1.29 is 9.53 Å². The second-order valence-corrected chi connectivity index (χ2v) is 5.97. The first-order valence-electron chi connectivity index (χ1n) is 8.29. The first-order chi connectivity index (χ1) is 12.3. The maximum atomic E-state index is 12.6. The number of carbonyl (C=O) groups excluding carboxylic acids is 1. The van der Waals surface area contributed by atoms with Crippen LogP contribution in [0.25, 0.3) is 11.4 Å². The quantitative estimate of drug-likeness (QED) is 0.771. The Hall–Kier alpha value is -3.15. The minimum Gasteiger partial charge on any atom is -0.493 e. The molecule has 0 saturated heterocycles. The number of nitrogens with one attached hydrogen (secondary N) is 2. The molecule has 1 aromatic heterocycles. The van der Waals surface area contributed by atoms with E-state index in [0.29, 0.717) is 18.0 Å². The summed E-state index contributed by atoms with van der Waals surface area (Å²) in [7, 11) is 0. The molecule has 1 aliphatic rings. The predicted molar refractivity (Wildman–Crippen MR) is 93.2 cm³/mol. The van der Waals surface area contributed by atoms with E-state index in [1.54, 1.807) is 12.1 Å². The number of fused-ring (bicyclic) bond motifs is 1. The number of hydrogen-bond donors (Lipinski definition) is 2. The van der Waals surface area contributed by atoms with E-state index in [2.05, 4.69) is 20.5 Å². The monoisotopic (exact) mass is 334 g/mol. The van der Waals surface area contributed by atoms with Gasteiger partial charge in [0.15, 0.2) is 5.82 Å². The summed E-state index contributed by atoms with van der Waals surface area (Å²) in [6, 6.07) is 15.2. The molecular weight excluding hydrogens is 316 g/mol. The Bertz CT molecular complexity index is 859. The van der Waals surface area contributed by atoms with Gasteiger partial charge in [-0.25, -0.2) is 4.98 Å². The van der Waals surface area contributed by atoms with E-state index in [1.807, 2.05) is 36.4 Å². The minimum absolute atomic E-state index is 0.0415. The van der Waals surface area contributed by atoms with Gasteiger partial charge >= 0.3 is 0 Å². The topological polar surface area (TPSA) is 79.9 Å². The Morgan fingerprint density at radius 2 is 2.00 bits per heavy atom. The molecule has 2 N–H and O–H groups in total. The maximum absolute atomic E-state index is 12.6. The highest BCUT2D eigenvalue weighted by Gasteiger charge is 2.21. The average molecular weight is 334 g/mol. The van der Waals surface area contributed by atoms with Crippen molar-refractivity contribution in [1.82, 2.24) is 20.5 Å². The van der Waals surface area contributed by atoms with Crippen molar-refractivity contribution in [3.05, 3.63) is 66.0 Å². The smallest absolute Gasteiger partial charge is 0.251 e. The lowest BCUT2D eigenvalue weighted by atomic mass is 10.0. The number of rotatable bonds is 3. The number of amides is 1. The highest BCUT2D eigenvalue weighted by Crippen LogP contribution is 2.31. The van der Waals surface area contributed by atoms with E-state index in [1.165, 1.54) is 6.33 Å². The number of H-pyrrole nitrogens is 1. The fourth-order valence-electron chi connectivity index (χ4n) is 3.04. The molecule has 4 rings (SSSR count). The molecule has 0 aliphatic carbocycles.